The molecule has 1 aromatic carbocycles. The zero-order valence-electron chi connectivity index (χ0n) is 20.5. The summed E-state index contributed by atoms with van der Waals surface area (Å²) in [7, 11) is 1.33. The highest BCUT2D eigenvalue weighted by molar-refractivity contribution is 9.10. The number of nitrogens with zero attached hydrogens (tertiary/aromatic N) is 3. The first kappa shape index (κ1) is 26.3. The van der Waals surface area contributed by atoms with Crippen LogP contribution in [0.25, 0.3) is 0 Å². The Balaban J connectivity index is 1.71. The van der Waals surface area contributed by atoms with E-state index in [2.05, 4.69) is 26.2 Å². The third-order valence-corrected chi connectivity index (χ3v) is 7.39. The van der Waals surface area contributed by atoms with Gasteiger partial charge in [-0.1, -0.05) is 22.0 Å². The molecule has 11 heteroatoms. The average molecular weight is 579 g/mol. The molecule has 1 fully saturated rings. The fourth-order valence-corrected chi connectivity index (χ4v) is 5.45. The maximum absolute atomic E-state index is 13.9. The standard InChI is InChI=1S/C25H28BrFN4O4S/c1-25(2,3)35-24(33)31-10-7-14(8-11-31)19-18(23(32)34-4)20(16-6-5-15(27)13-17(16)26)30-21(29-19)22-28-9-12-36-22/h5-6,9,12-14,20H,7-8,10-11H2,1-4H3,(H,29,30). The number of carbonyl (C=O) groups excluding carboxylic acids is 2. The van der Waals surface area contributed by atoms with Crippen molar-refractivity contribution >= 4 is 45.2 Å². The molecule has 2 aliphatic rings. The molecule has 1 N–H and O–H groups in total. The van der Waals surface area contributed by atoms with Crippen molar-refractivity contribution in [1.29, 1.82) is 0 Å². The van der Waals surface area contributed by atoms with Crippen LogP contribution in [0.5, 0.6) is 0 Å². The Kier molecular flexibility index (Phi) is 7.79. The van der Waals surface area contributed by atoms with Gasteiger partial charge in [-0.3, -0.25) is 4.99 Å². The number of aromatic nitrogens is 1. The number of aliphatic imine (C=N–C) groups is 1. The van der Waals surface area contributed by atoms with Gasteiger partial charge in [0.2, 0.25) is 0 Å². The number of likely N-dealkylation sites (tertiary alicyclic amines) is 1. The van der Waals surface area contributed by atoms with E-state index in [0.29, 0.717) is 58.1 Å². The number of methoxy groups -OCH3 is 1. The minimum atomic E-state index is -0.730. The fourth-order valence-electron chi connectivity index (χ4n) is 4.30. The second-order valence-corrected chi connectivity index (χ2v) is 11.3. The lowest BCUT2D eigenvalue weighted by molar-refractivity contribution is -0.136. The predicted molar refractivity (Wildman–Crippen MR) is 138 cm³/mol. The van der Waals surface area contributed by atoms with Crippen molar-refractivity contribution in [1.82, 2.24) is 15.2 Å². The van der Waals surface area contributed by atoms with Gasteiger partial charge in [0.05, 0.1) is 12.7 Å². The van der Waals surface area contributed by atoms with Gasteiger partial charge in [0.1, 0.15) is 17.5 Å². The first-order valence-corrected chi connectivity index (χ1v) is 13.2. The van der Waals surface area contributed by atoms with E-state index in [4.69, 9.17) is 14.5 Å². The van der Waals surface area contributed by atoms with Crippen LogP contribution < -0.4 is 5.32 Å². The number of piperidine rings is 1. The largest absolute Gasteiger partial charge is 0.466 e. The minimum absolute atomic E-state index is 0.0648. The van der Waals surface area contributed by atoms with Crippen molar-refractivity contribution in [3.8, 4) is 0 Å². The van der Waals surface area contributed by atoms with Crippen LogP contribution in [0.4, 0.5) is 9.18 Å². The average Bonchev–Trinajstić information content (AvgIpc) is 3.37. The van der Waals surface area contributed by atoms with Crippen molar-refractivity contribution in [3.63, 3.8) is 0 Å². The summed E-state index contributed by atoms with van der Waals surface area (Å²) in [5.74, 6) is -0.453. The van der Waals surface area contributed by atoms with E-state index >= 15 is 0 Å². The Morgan fingerprint density at radius 1 is 1.25 bits per heavy atom. The number of esters is 1. The molecule has 1 saturated heterocycles. The molecular formula is C25H28BrFN4O4S. The smallest absolute Gasteiger partial charge is 0.410 e. The molecule has 2 aliphatic heterocycles. The molecule has 0 spiro atoms. The van der Waals surface area contributed by atoms with Gasteiger partial charge in [0.25, 0.3) is 0 Å². The number of rotatable bonds is 4. The molecule has 1 atom stereocenters. The monoisotopic (exact) mass is 578 g/mol. The second kappa shape index (κ2) is 10.7. The third-order valence-electron chi connectivity index (χ3n) is 5.93. The molecule has 0 radical (unpaired) electrons. The quantitative estimate of drug-likeness (QED) is 0.500. The van der Waals surface area contributed by atoms with Gasteiger partial charge in [-0.25, -0.2) is 19.0 Å². The van der Waals surface area contributed by atoms with Gasteiger partial charge in [0.15, 0.2) is 10.8 Å². The summed E-state index contributed by atoms with van der Waals surface area (Å²) >= 11 is 4.86. The van der Waals surface area contributed by atoms with E-state index in [0.717, 1.165) is 0 Å². The van der Waals surface area contributed by atoms with Gasteiger partial charge >= 0.3 is 12.1 Å². The van der Waals surface area contributed by atoms with Gasteiger partial charge in [0, 0.05) is 40.8 Å². The summed E-state index contributed by atoms with van der Waals surface area (Å²) in [5.41, 5.74) is 1.11. The number of amidine groups is 1. The summed E-state index contributed by atoms with van der Waals surface area (Å²) in [4.78, 5) is 36.6. The van der Waals surface area contributed by atoms with Crippen molar-refractivity contribution in [2.75, 3.05) is 20.2 Å². The Bertz CT molecular complexity index is 1200. The van der Waals surface area contributed by atoms with E-state index in [9.17, 15) is 14.0 Å². The highest BCUT2D eigenvalue weighted by Gasteiger charge is 2.38. The first-order chi connectivity index (χ1) is 17.1. The number of halogens is 2. The van der Waals surface area contributed by atoms with Crippen LogP contribution in [0.2, 0.25) is 0 Å². The Morgan fingerprint density at radius 3 is 2.56 bits per heavy atom. The molecule has 8 nitrogen and oxygen atoms in total. The van der Waals surface area contributed by atoms with Gasteiger partial charge < -0.3 is 19.7 Å². The lowest BCUT2D eigenvalue weighted by Crippen LogP contribution is -2.44. The molecule has 0 saturated carbocycles. The Morgan fingerprint density at radius 2 is 1.97 bits per heavy atom. The molecule has 36 heavy (non-hydrogen) atoms. The highest BCUT2D eigenvalue weighted by Crippen LogP contribution is 2.40. The maximum Gasteiger partial charge on any atom is 0.410 e. The number of carbonyl (C=O) groups is 2. The van der Waals surface area contributed by atoms with Gasteiger partial charge in [-0.15, -0.1) is 11.3 Å². The van der Waals surface area contributed by atoms with E-state index in [1.54, 1.807) is 17.2 Å². The maximum atomic E-state index is 13.9. The molecule has 1 unspecified atom stereocenters. The molecule has 0 bridgehead atoms. The van der Waals surface area contributed by atoms with Gasteiger partial charge in [-0.05, 0) is 51.3 Å². The molecule has 0 aliphatic carbocycles. The van der Waals surface area contributed by atoms with Crippen molar-refractivity contribution < 1.29 is 23.5 Å². The van der Waals surface area contributed by atoms with E-state index in [1.807, 2.05) is 26.2 Å². The molecule has 3 heterocycles. The predicted octanol–water partition coefficient (Wildman–Crippen LogP) is 5.21. The lowest BCUT2D eigenvalue weighted by atomic mass is 9.86. The number of hydrogen-bond donors (Lipinski definition) is 1. The molecule has 2 aromatic rings. The van der Waals surface area contributed by atoms with Crippen LogP contribution in [0.1, 0.15) is 50.2 Å². The summed E-state index contributed by atoms with van der Waals surface area (Å²) in [6.45, 7) is 6.47. The van der Waals surface area contributed by atoms with Crippen LogP contribution in [0.3, 0.4) is 0 Å². The summed E-state index contributed by atoms with van der Waals surface area (Å²) < 4.78 is 25.1. The van der Waals surface area contributed by atoms with E-state index in [1.165, 1.54) is 30.6 Å². The molecule has 4 rings (SSSR count). The topological polar surface area (TPSA) is 93.1 Å². The number of hydrogen-bond acceptors (Lipinski definition) is 8. The second-order valence-electron chi connectivity index (χ2n) is 9.57. The first-order valence-electron chi connectivity index (χ1n) is 11.6. The number of ether oxygens (including phenoxy) is 2. The highest BCUT2D eigenvalue weighted by atomic mass is 79.9. The minimum Gasteiger partial charge on any atom is -0.466 e. The number of thiazole rings is 1. The summed E-state index contributed by atoms with van der Waals surface area (Å²) in [6.07, 6.45) is 2.57. The summed E-state index contributed by atoms with van der Waals surface area (Å²) in [5, 5.41) is 5.88. The number of nitrogens with one attached hydrogen (secondary N) is 1. The molecule has 1 aromatic heterocycles. The van der Waals surface area contributed by atoms with E-state index in [-0.39, 0.29) is 12.0 Å². The lowest BCUT2D eigenvalue weighted by Gasteiger charge is -2.37. The van der Waals surface area contributed by atoms with Crippen LogP contribution >= 0.6 is 27.3 Å². The fraction of sp³-hybridized carbons (Fsp3) is 0.440. The van der Waals surface area contributed by atoms with Crippen molar-refractivity contribution in [3.05, 3.63) is 61.9 Å². The van der Waals surface area contributed by atoms with Crippen LogP contribution in [-0.4, -0.2) is 53.6 Å². The Labute approximate surface area is 221 Å². The molecular weight excluding hydrogens is 551 g/mol. The van der Waals surface area contributed by atoms with Crippen molar-refractivity contribution in [2.45, 2.75) is 45.3 Å². The molecule has 1 amide bonds. The van der Waals surface area contributed by atoms with Crippen LogP contribution in [0, 0.1) is 11.7 Å². The number of amides is 1. The zero-order valence-corrected chi connectivity index (χ0v) is 22.9. The SMILES string of the molecule is COC(=O)C1=C(C2CCN(C(=O)OC(C)(C)C)CC2)NC(c2nccs2)=NC1c1ccc(F)cc1Br. The van der Waals surface area contributed by atoms with Crippen LogP contribution in [0.15, 0.2) is 50.5 Å². The number of allylic oxidation sites excluding steroid dienone is 1. The third kappa shape index (κ3) is 5.78. The Hall–Kier alpha value is -2.79. The molecule has 192 valence electrons. The van der Waals surface area contributed by atoms with Crippen LogP contribution in [-0.2, 0) is 14.3 Å². The van der Waals surface area contributed by atoms with Crippen molar-refractivity contribution in [2.24, 2.45) is 10.9 Å². The van der Waals surface area contributed by atoms with E-state index < -0.39 is 23.4 Å². The summed E-state index contributed by atoms with van der Waals surface area (Å²) in [6, 6.07) is 3.58. The normalized spacial score (nSPS) is 19.0. The number of benzene rings is 1. The van der Waals surface area contributed by atoms with Gasteiger partial charge in [-0.2, -0.15) is 0 Å². The zero-order chi connectivity index (χ0) is 26.0.